The van der Waals surface area contributed by atoms with E-state index in [9.17, 15) is 10.1 Å². The average molecular weight is 492 g/mol. The van der Waals surface area contributed by atoms with Crippen LogP contribution in [0.3, 0.4) is 0 Å². The van der Waals surface area contributed by atoms with Crippen molar-refractivity contribution >= 4 is 22.7 Å². The number of hydrazone groups is 1. The molecular formula is C26H33N7O3. The van der Waals surface area contributed by atoms with Crippen molar-refractivity contribution in [1.29, 1.82) is 5.26 Å². The largest absolute Gasteiger partial charge is 0.483 e. The van der Waals surface area contributed by atoms with Crippen LogP contribution in [0.1, 0.15) is 56.6 Å². The lowest BCUT2D eigenvalue weighted by molar-refractivity contribution is -0.124. The minimum Gasteiger partial charge on any atom is -0.483 e. The normalized spacial score (nSPS) is 21.0. The van der Waals surface area contributed by atoms with Crippen LogP contribution in [0.2, 0.25) is 0 Å². The van der Waals surface area contributed by atoms with E-state index in [0.717, 1.165) is 70.5 Å². The molecule has 4 heterocycles. The molecule has 0 spiro atoms. The molecule has 5 rings (SSSR count). The van der Waals surface area contributed by atoms with Crippen LogP contribution in [0, 0.1) is 17.2 Å². The number of fused-ring (bicyclic) bond motifs is 1. The standard InChI is InChI=1S/C26H33N7O3/c1-17(30-21-6-8-32(9-7-21)22-14-35-15-22)25(31-28)19-10-24(26-20(11-27)12-29-33(26)13-19)36-16-23(34)18-4-2-3-5-18/h10,12-13,18,21-22H,2-9,14-16,28H2,1H3/b30-17?,31-25+. The molecular weight excluding hydrogens is 458 g/mol. The molecule has 1 saturated carbocycles. The second kappa shape index (κ2) is 10.8. The lowest BCUT2D eigenvalue weighted by atomic mass is 10.0. The predicted molar refractivity (Wildman–Crippen MR) is 135 cm³/mol. The minimum absolute atomic E-state index is 0.0351. The van der Waals surface area contributed by atoms with Gasteiger partial charge in [0.25, 0.3) is 0 Å². The number of aromatic nitrogens is 2. The number of piperidine rings is 1. The van der Waals surface area contributed by atoms with Crippen LogP contribution >= 0.6 is 0 Å². The minimum atomic E-state index is -0.0351. The molecule has 0 atom stereocenters. The molecule has 3 aliphatic rings. The zero-order chi connectivity index (χ0) is 25.1. The van der Waals surface area contributed by atoms with E-state index in [-0.39, 0.29) is 24.3 Å². The summed E-state index contributed by atoms with van der Waals surface area (Å²) in [6.45, 7) is 5.55. The van der Waals surface area contributed by atoms with Gasteiger partial charge in [-0.3, -0.25) is 14.7 Å². The van der Waals surface area contributed by atoms with Crippen LogP contribution in [-0.2, 0) is 9.53 Å². The highest BCUT2D eigenvalue weighted by molar-refractivity contribution is 6.47. The summed E-state index contributed by atoms with van der Waals surface area (Å²) in [4.78, 5) is 20.1. The van der Waals surface area contributed by atoms with Crippen molar-refractivity contribution in [3.05, 3.63) is 29.6 Å². The van der Waals surface area contributed by atoms with Gasteiger partial charge in [-0.25, -0.2) is 4.52 Å². The molecule has 0 radical (unpaired) electrons. The van der Waals surface area contributed by atoms with Gasteiger partial charge in [-0.15, -0.1) is 0 Å². The van der Waals surface area contributed by atoms with Crippen LogP contribution < -0.4 is 10.6 Å². The average Bonchev–Trinajstić information content (AvgIpc) is 3.53. The van der Waals surface area contributed by atoms with Gasteiger partial charge in [0, 0.05) is 30.8 Å². The fourth-order valence-corrected chi connectivity index (χ4v) is 5.45. The van der Waals surface area contributed by atoms with Crippen molar-refractivity contribution in [1.82, 2.24) is 14.5 Å². The van der Waals surface area contributed by atoms with Gasteiger partial charge in [-0.05, 0) is 38.7 Å². The highest BCUT2D eigenvalue weighted by Gasteiger charge is 2.30. The summed E-state index contributed by atoms with van der Waals surface area (Å²) in [5.74, 6) is 6.41. The highest BCUT2D eigenvalue weighted by atomic mass is 16.5. The molecule has 3 fully saturated rings. The lowest BCUT2D eigenvalue weighted by Gasteiger charge is -2.40. The Morgan fingerprint density at radius 3 is 2.67 bits per heavy atom. The monoisotopic (exact) mass is 491 g/mol. The number of hydrogen-bond donors (Lipinski definition) is 1. The summed E-state index contributed by atoms with van der Waals surface area (Å²) in [7, 11) is 0. The van der Waals surface area contributed by atoms with Crippen molar-refractivity contribution in [2.75, 3.05) is 32.9 Å². The number of ether oxygens (including phenoxy) is 2. The highest BCUT2D eigenvalue weighted by Crippen LogP contribution is 2.28. The Morgan fingerprint density at radius 2 is 2.03 bits per heavy atom. The Hall–Kier alpha value is -3.29. The van der Waals surface area contributed by atoms with Crippen molar-refractivity contribution in [3.63, 3.8) is 0 Å². The van der Waals surface area contributed by atoms with Crippen molar-refractivity contribution in [3.8, 4) is 11.8 Å². The molecule has 2 saturated heterocycles. The molecule has 2 aromatic rings. The number of nitrogens with zero attached hydrogens (tertiary/aromatic N) is 6. The summed E-state index contributed by atoms with van der Waals surface area (Å²) in [5.41, 5.74) is 2.85. The number of nitriles is 1. The first kappa shape index (κ1) is 24.4. The van der Waals surface area contributed by atoms with Crippen LogP contribution in [0.15, 0.2) is 28.6 Å². The first-order valence-electron chi connectivity index (χ1n) is 12.8. The Labute approximate surface area is 210 Å². The summed E-state index contributed by atoms with van der Waals surface area (Å²) in [6.07, 6.45) is 9.22. The number of hydrogen-bond acceptors (Lipinski definition) is 9. The number of ketones is 1. The third kappa shape index (κ3) is 4.99. The van der Waals surface area contributed by atoms with Gasteiger partial charge in [0.2, 0.25) is 0 Å². The summed E-state index contributed by atoms with van der Waals surface area (Å²) >= 11 is 0. The van der Waals surface area contributed by atoms with E-state index in [1.807, 2.05) is 6.92 Å². The zero-order valence-electron chi connectivity index (χ0n) is 20.7. The second-order valence-corrected chi connectivity index (χ2v) is 9.94. The first-order chi connectivity index (χ1) is 17.6. The third-order valence-electron chi connectivity index (χ3n) is 7.64. The number of likely N-dealkylation sites (tertiary alicyclic amines) is 1. The molecule has 190 valence electrons. The fraction of sp³-hybridized carbons (Fsp3) is 0.577. The number of carbonyl (C=O) groups excluding carboxylic acids is 1. The number of carbonyl (C=O) groups is 1. The quantitative estimate of drug-likeness (QED) is 0.341. The Bertz CT molecular complexity index is 1210. The molecule has 0 aromatic carbocycles. The Morgan fingerprint density at radius 1 is 1.28 bits per heavy atom. The summed E-state index contributed by atoms with van der Waals surface area (Å²) in [6, 6.07) is 4.69. The maximum atomic E-state index is 12.7. The third-order valence-corrected chi connectivity index (χ3v) is 7.64. The second-order valence-electron chi connectivity index (χ2n) is 9.94. The molecule has 2 aromatic heterocycles. The molecule has 0 bridgehead atoms. The van der Waals surface area contributed by atoms with E-state index in [1.165, 1.54) is 6.20 Å². The summed E-state index contributed by atoms with van der Waals surface area (Å²) < 4.78 is 12.9. The maximum absolute atomic E-state index is 12.7. The fourth-order valence-electron chi connectivity index (χ4n) is 5.45. The zero-order valence-corrected chi connectivity index (χ0v) is 20.7. The Kier molecular flexibility index (Phi) is 7.30. The van der Waals surface area contributed by atoms with E-state index in [0.29, 0.717) is 34.1 Å². The van der Waals surface area contributed by atoms with Gasteiger partial charge in [0.15, 0.2) is 5.78 Å². The molecule has 1 aliphatic carbocycles. The number of rotatable bonds is 8. The van der Waals surface area contributed by atoms with Gasteiger partial charge in [0.1, 0.15) is 35.2 Å². The van der Waals surface area contributed by atoms with Crippen molar-refractivity contribution in [2.24, 2.45) is 21.9 Å². The molecule has 2 aliphatic heterocycles. The SMILES string of the molecule is CC(=NC1CCN(C2COC2)CC1)/C(=N\N)c1cc(OCC(=O)C2CCCC2)c2c(C#N)cnn2c1. The number of aliphatic imine (C=N–C) groups is 1. The van der Waals surface area contributed by atoms with Gasteiger partial charge in [-0.1, -0.05) is 12.8 Å². The number of pyridine rings is 1. The first-order valence-corrected chi connectivity index (χ1v) is 12.8. The van der Waals surface area contributed by atoms with Crippen LogP contribution in [0.4, 0.5) is 0 Å². The lowest BCUT2D eigenvalue weighted by Crippen LogP contribution is -2.52. The maximum Gasteiger partial charge on any atom is 0.173 e. The molecule has 36 heavy (non-hydrogen) atoms. The van der Waals surface area contributed by atoms with Gasteiger partial charge >= 0.3 is 0 Å². The van der Waals surface area contributed by atoms with Gasteiger partial charge in [0.05, 0.1) is 37.2 Å². The topological polar surface area (TPSA) is 131 Å². The molecule has 0 amide bonds. The van der Waals surface area contributed by atoms with E-state index in [4.69, 9.17) is 20.3 Å². The van der Waals surface area contributed by atoms with E-state index >= 15 is 0 Å². The predicted octanol–water partition coefficient (Wildman–Crippen LogP) is 2.33. The van der Waals surface area contributed by atoms with Gasteiger partial charge in [-0.2, -0.15) is 15.5 Å². The number of nitrogens with two attached hydrogens (primary N) is 1. The molecule has 10 heteroatoms. The van der Waals surface area contributed by atoms with Crippen LogP contribution in [-0.4, -0.2) is 76.7 Å². The van der Waals surface area contributed by atoms with Crippen molar-refractivity contribution in [2.45, 2.75) is 57.5 Å². The van der Waals surface area contributed by atoms with E-state index in [2.05, 4.69) is 21.2 Å². The van der Waals surface area contributed by atoms with E-state index < -0.39 is 0 Å². The van der Waals surface area contributed by atoms with Crippen LogP contribution in [0.25, 0.3) is 5.52 Å². The molecule has 10 nitrogen and oxygen atoms in total. The van der Waals surface area contributed by atoms with Crippen molar-refractivity contribution < 1.29 is 14.3 Å². The number of Topliss-reactive ketones (excluding diaryl/α,β-unsaturated/α-hetero) is 1. The smallest absolute Gasteiger partial charge is 0.173 e. The molecule has 0 unspecified atom stereocenters. The molecule has 2 N–H and O–H groups in total. The van der Waals surface area contributed by atoms with Crippen LogP contribution in [0.5, 0.6) is 5.75 Å². The Balaban J connectivity index is 1.36. The van der Waals surface area contributed by atoms with Gasteiger partial charge < -0.3 is 15.3 Å². The van der Waals surface area contributed by atoms with E-state index in [1.54, 1.807) is 16.8 Å². The summed E-state index contributed by atoms with van der Waals surface area (Å²) in [5, 5.41) is 17.9.